The minimum atomic E-state index is -2.68. The molecule has 3 aromatic rings. The van der Waals surface area contributed by atoms with Gasteiger partial charge in [-0.1, -0.05) is 11.6 Å². The maximum atomic E-state index is 13.6. The van der Waals surface area contributed by atoms with Crippen molar-refractivity contribution in [1.82, 2.24) is 30.1 Å². The summed E-state index contributed by atoms with van der Waals surface area (Å²) in [4.78, 5) is 28.8. The van der Waals surface area contributed by atoms with E-state index in [9.17, 15) is 13.6 Å². The molecule has 2 fully saturated rings. The molecule has 5 heterocycles. The summed E-state index contributed by atoms with van der Waals surface area (Å²) in [5.41, 5.74) is 6.19. The monoisotopic (exact) mass is 516 g/mol. The van der Waals surface area contributed by atoms with Crippen LogP contribution in [-0.4, -0.2) is 76.1 Å². The van der Waals surface area contributed by atoms with E-state index in [-0.39, 0.29) is 38.0 Å². The Morgan fingerprint density at radius 3 is 2.81 bits per heavy atom. The van der Waals surface area contributed by atoms with Crippen LogP contribution in [0, 0.1) is 0 Å². The number of H-pyrrole nitrogens is 1. The van der Waals surface area contributed by atoms with Gasteiger partial charge in [-0.2, -0.15) is 0 Å². The molecule has 3 aliphatic rings. The number of alkyl halides is 2. The van der Waals surface area contributed by atoms with Crippen molar-refractivity contribution in [3.05, 3.63) is 46.2 Å². The standard InChI is InChI=1S/C25H27ClF2N6O2/c26-19-11-30-23-22(19)32-20(12-31-23)16-9-15-1-5-34(24(35)33-6-2-25(27,28)3-7-33)13-18(15)17(10-16)21-14-36-8-4-29-21/h9-12,21,29H,1-8,13-14H2,(H,30,31)/t21-/m0/s1. The molecular formula is C25H27ClF2N6O2. The number of aromatic amines is 1. The molecule has 3 aliphatic heterocycles. The second-order valence-corrected chi connectivity index (χ2v) is 10.1. The third-order valence-electron chi connectivity index (χ3n) is 7.34. The van der Waals surface area contributed by atoms with Gasteiger partial charge in [-0.05, 0) is 35.2 Å². The number of ether oxygens (including phenoxy) is 1. The van der Waals surface area contributed by atoms with Crippen LogP contribution in [-0.2, 0) is 17.7 Å². The number of hydrogen-bond acceptors (Lipinski definition) is 5. The molecule has 2 aromatic heterocycles. The average Bonchev–Trinajstić information content (AvgIpc) is 3.27. The Labute approximate surface area is 212 Å². The number of carbonyl (C=O) groups is 1. The Kier molecular flexibility index (Phi) is 6.05. The van der Waals surface area contributed by atoms with Crippen molar-refractivity contribution in [3.63, 3.8) is 0 Å². The van der Waals surface area contributed by atoms with Gasteiger partial charge in [0.2, 0.25) is 0 Å². The summed E-state index contributed by atoms with van der Waals surface area (Å²) in [6, 6.07) is 4.01. The van der Waals surface area contributed by atoms with E-state index >= 15 is 0 Å². The average molecular weight is 517 g/mol. The van der Waals surface area contributed by atoms with Crippen LogP contribution < -0.4 is 5.32 Å². The van der Waals surface area contributed by atoms with Crippen LogP contribution in [0.1, 0.15) is 35.6 Å². The van der Waals surface area contributed by atoms with Crippen LogP contribution in [0.15, 0.2) is 24.5 Å². The molecule has 0 spiro atoms. The molecule has 0 bridgehead atoms. The summed E-state index contributed by atoms with van der Waals surface area (Å²) in [7, 11) is 0. The zero-order valence-corrected chi connectivity index (χ0v) is 20.5. The fraction of sp³-hybridized carbons (Fsp3) is 0.480. The number of amides is 2. The SMILES string of the molecule is O=C(N1CCC(F)(F)CC1)N1CCc2cc(-c3cnc4[nH]cc(Cl)c4n3)cc([C@@H]3COCCN3)c2C1. The van der Waals surface area contributed by atoms with Crippen LogP contribution >= 0.6 is 11.6 Å². The lowest BCUT2D eigenvalue weighted by Crippen LogP contribution is -2.50. The maximum Gasteiger partial charge on any atom is 0.320 e. The number of nitrogens with zero attached hydrogens (tertiary/aromatic N) is 4. The molecule has 1 atom stereocenters. The van der Waals surface area contributed by atoms with Gasteiger partial charge in [0.05, 0.1) is 36.2 Å². The van der Waals surface area contributed by atoms with Gasteiger partial charge in [-0.25, -0.2) is 23.5 Å². The molecule has 1 aromatic carbocycles. The van der Waals surface area contributed by atoms with Crippen molar-refractivity contribution in [2.45, 2.75) is 37.8 Å². The van der Waals surface area contributed by atoms with E-state index in [0.717, 1.165) is 34.5 Å². The van der Waals surface area contributed by atoms with Crippen LogP contribution in [0.2, 0.25) is 5.02 Å². The summed E-state index contributed by atoms with van der Waals surface area (Å²) in [6.07, 6.45) is 3.51. The van der Waals surface area contributed by atoms with Crippen LogP contribution in [0.5, 0.6) is 0 Å². The van der Waals surface area contributed by atoms with E-state index in [2.05, 4.69) is 27.4 Å². The minimum absolute atomic E-state index is 0.0243. The lowest BCUT2D eigenvalue weighted by Gasteiger charge is -2.38. The van der Waals surface area contributed by atoms with E-state index < -0.39 is 5.92 Å². The van der Waals surface area contributed by atoms with E-state index in [4.69, 9.17) is 21.3 Å². The molecule has 8 nitrogen and oxygen atoms in total. The predicted molar refractivity (Wildman–Crippen MR) is 131 cm³/mol. The van der Waals surface area contributed by atoms with Crippen molar-refractivity contribution in [3.8, 4) is 11.3 Å². The number of aromatic nitrogens is 3. The van der Waals surface area contributed by atoms with E-state index in [0.29, 0.717) is 48.9 Å². The van der Waals surface area contributed by atoms with Gasteiger partial charge in [0.1, 0.15) is 5.52 Å². The van der Waals surface area contributed by atoms with Crippen molar-refractivity contribution >= 4 is 28.8 Å². The van der Waals surface area contributed by atoms with E-state index in [1.165, 1.54) is 0 Å². The largest absolute Gasteiger partial charge is 0.378 e. The highest BCUT2D eigenvalue weighted by Crippen LogP contribution is 2.35. The first kappa shape index (κ1) is 23.6. The quantitative estimate of drug-likeness (QED) is 0.534. The first-order chi connectivity index (χ1) is 17.4. The zero-order valence-electron chi connectivity index (χ0n) is 19.7. The highest BCUT2D eigenvalue weighted by Gasteiger charge is 2.37. The van der Waals surface area contributed by atoms with Crippen molar-refractivity contribution < 1.29 is 18.3 Å². The van der Waals surface area contributed by atoms with Crippen LogP contribution in [0.25, 0.3) is 22.4 Å². The third kappa shape index (κ3) is 4.42. The zero-order chi connectivity index (χ0) is 24.9. The summed E-state index contributed by atoms with van der Waals surface area (Å²) in [6.45, 7) is 3.05. The number of likely N-dealkylation sites (tertiary alicyclic amines) is 1. The number of benzene rings is 1. The molecular weight excluding hydrogens is 490 g/mol. The number of fused-ring (bicyclic) bond motifs is 2. The molecule has 0 radical (unpaired) electrons. The molecule has 2 N–H and O–H groups in total. The third-order valence-corrected chi connectivity index (χ3v) is 7.63. The maximum absolute atomic E-state index is 13.6. The molecule has 0 unspecified atom stereocenters. The Balaban J connectivity index is 1.33. The Morgan fingerprint density at radius 1 is 1.19 bits per heavy atom. The molecule has 0 aliphatic carbocycles. The minimum Gasteiger partial charge on any atom is -0.378 e. The van der Waals surface area contributed by atoms with Crippen LogP contribution in [0.4, 0.5) is 13.6 Å². The second-order valence-electron chi connectivity index (χ2n) is 9.67. The van der Waals surface area contributed by atoms with E-state index in [1.54, 1.807) is 22.2 Å². The van der Waals surface area contributed by atoms with Gasteiger partial charge in [0, 0.05) is 57.3 Å². The fourth-order valence-corrected chi connectivity index (χ4v) is 5.50. The van der Waals surface area contributed by atoms with Gasteiger partial charge in [0.25, 0.3) is 5.92 Å². The molecule has 6 rings (SSSR count). The number of morpholine rings is 1. The molecule has 2 amide bonds. The first-order valence-corrected chi connectivity index (χ1v) is 12.6. The number of urea groups is 1. The topological polar surface area (TPSA) is 86.4 Å². The number of hydrogen-bond donors (Lipinski definition) is 2. The number of rotatable bonds is 2. The smallest absolute Gasteiger partial charge is 0.320 e. The second kappa shape index (κ2) is 9.24. The van der Waals surface area contributed by atoms with Gasteiger partial charge in [-0.3, -0.25) is 0 Å². The predicted octanol–water partition coefficient (Wildman–Crippen LogP) is 4.15. The Morgan fingerprint density at radius 2 is 2.03 bits per heavy atom. The first-order valence-electron chi connectivity index (χ1n) is 12.3. The molecule has 190 valence electrons. The lowest BCUT2D eigenvalue weighted by molar-refractivity contribution is -0.0493. The van der Waals surface area contributed by atoms with Gasteiger partial charge >= 0.3 is 6.03 Å². The number of nitrogens with one attached hydrogen (secondary N) is 2. The molecule has 2 saturated heterocycles. The van der Waals surface area contributed by atoms with Gasteiger partial charge in [0.15, 0.2) is 5.65 Å². The van der Waals surface area contributed by atoms with Crippen molar-refractivity contribution in [2.75, 3.05) is 39.4 Å². The molecule has 0 saturated carbocycles. The highest BCUT2D eigenvalue weighted by atomic mass is 35.5. The van der Waals surface area contributed by atoms with Crippen molar-refractivity contribution in [1.29, 1.82) is 0 Å². The summed E-state index contributed by atoms with van der Waals surface area (Å²) in [5.74, 6) is -2.68. The molecule has 11 heteroatoms. The normalized spacial score (nSPS) is 22.0. The summed E-state index contributed by atoms with van der Waals surface area (Å²) in [5, 5.41) is 4.05. The van der Waals surface area contributed by atoms with Gasteiger partial charge < -0.3 is 24.8 Å². The van der Waals surface area contributed by atoms with Crippen LogP contribution in [0.3, 0.4) is 0 Å². The number of halogens is 3. The summed E-state index contributed by atoms with van der Waals surface area (Å²) >= 11 is 6.28. The Hall–Kier alpha value is -2.82. The fourth-order valence-electron chi connectivity index (χ4n) is 5.31. The molecule has 36 heavy (non-hydrogen) atoms. The Bertz CT molecular complexity index is 1300. The van der Waals surface area contributed by atoms with Crippen molar-refractivity contribution in [2.24, 2.45) is 0 Å². The lowest BCUT2D eigenvalue weighted by atomic mass is 9.88. The number of carbonyl (C=O) groups excluding carboxylic acids is 1. The summed E-state index contributed by atoms with van der Waals surface area (Å²) < 4.78 is 33.0. The number of piperidine rings is 1. The van der Waals surface area contributed by atoms with Gasteiger partial charge in [-0.15, -0.1) is 0 Å². The van der Waals surface area contributed by atoms with E-state index in [1.807, 2.05) is 0 Å². The highest BCUT2D eigenvalue weighted by molar-refractivity contribution is 6.34.